The predicted octanol–water partition coefficient (Wildman–Crippen LogP) is 1.11. The van der Waals surface area contributed by atoms with Crippen molar-refractivity contribution in [2.45, 2.75) is 38.0 Å². The number of nitrogens with one attached hydrogen (secondary N) is 2. The number of likely N-dealkylation sites (N-methyl/N-ethyl adjacent to an activating group) is 1. The minimum Gasteiger partial charge on any atom is -0.392 e. The third-order valence-corrected chi connectivity index (χ3v) is 5.41. The number of benzene rings is 1. The van der Waals surface area contributed by atoms with Crippen LogP contribution < -0.4 is 9.44 Å². The third kappa shape index (κ3) is 6.37. The molecule has 1 aromatic rings. The van der Waals surface area contributed by atoms with Gasteiger partial charge in [-0.25, -0.2) is 4.72 Å². The normalized spacial score (nSPS) is 22.6. The first-order valence-electron chi connectivity index (χ1n) is 7.73. The Morgan fingerprint density at radius 3 is 2.61 bits per heavy atom. The molecule has 0 spiro atoms. The maximum atomic E-state index is 11.9. The number of hydrogen-bond donors (Lipinski definition) is 3. The molecule has 0 aliphatic carbocycles. The van der Waals surface area contributed by atoms with Crippen molar-refractivity contribution in [3.8, 4) is 0 Å². The Balaban J connectivity index is 1.67. The van der Waals surface area contributed by atoms with E-state index in [9.17, 15) is 13.5 Å². The molecule has 2 rings (SSSR count). The number of nitrogens with zero attached hydrogens (tertiary/aromatic N) is 1. The lowest BCUT2D eigenvalue weighted by Crippen LogP contribution is -2.37. The van der Waals surface area contributed by atoms with Gasteiger partial charge in [-0.05, 0) is 44.0 Å². The highest BCUT2D eigenvalue weighted by molar-refractivity contribution is 7.87. The lowest BCUT2D eigenvalue weighted by molar-refractivity contribution is 0.182. The van der Waals surface area contributed by atoms with E-state index < -0.39 is 10.2 Å². The third-order valence-electron chi connectivity index (χ3n) is 4.05. The average Bonchev–Trinajstić information content (AvgIpc) is 2.81. The molecular formula is C15H24ClN3O3S. The number of hydrogen-bond acceptors (Lipinski definition) is 4. The van der Waals surface area contributed by atoms with Crippen LogP contribution in [0.15, 0.2) is 24.3 Å². The molecule has 1 fully saturated rings. The van der Waals surface area contributed by atoms with Gasteiger partial charge in [0.15, 0.2) is 0 Å². The zero-order valence-electron chi connectivity index (χ0n) is 13.2. The van der Waals surface area contributed by atoms with Gasteiger partial charge in [0, 0.05) is 30.7 Å². The average molecular weight is 362 g/mol. The highest BCUT2D eigenvalue weighted by Gasteiger charge is 2.27. The van der Waals surface area contributed by atoms with Crippen LogP contribution >= 0.6 is 11.6 Å². The predicted molar refractivity (Wildman–Crippen MR) is 91.5 cm³/mol. The monoisotopic (exact) mass is 361 g/mol. The van der Waals surface area contributed by atoms with Crippen molar-refractivity contribution in [2.75, 3.05) is 20.1 Å². The van der Waals surface area contributed by atoms with Gasteiger partial charge in [-0.15, -0.1) is 0 Å². The Kier molecular flexibility index (Phi) is 6.82. The van der Waals surface area contributed by atoms with Crippen molar-refractivity contribution in [1.82, 2.24) is 14.3 Å². The Morgan fingerprint density at radius 2 is 2.00 bits per heavy atom. The second-order valence-corrected chi connectivity index (χ2v) is 7.99. The molecule has 0 unspecified atom stereocenters. The first kappa shape index (κ1) is 18.6. The first-order chi connectivity index (χ1) is 10.9. The highest BCUT2D eigenvalue weighted by atomic mass is 35.5. The van der Waals surface area contributed by atoms with E-state index >= 15 is 0 Å². The first-order valence-corrected chi connectivity index (χ1v) is 9.59. The van der Waals surface area contributed by atoms with Crippen LogP contribution in [0.25, 0.3) is 0 Å². The fourth-order valence-electron chi connectivity index (χ4n) is 2.76. The molecule has 8 heteroatoms. The van der Waals surface area contributed by atoms with Crippen LogP contribution in [0.3, 0.4) is 0 Å². The number of rotatable bonds is 8. The number of aliphatic hydroxyl groups excluding tert-OH is 1. The van der Waals surface area contributed by atoms with Gasteiger partial charge in [-0.2, -0.15) is 13.1 Å². The summed E-state index contributed by atoms with van der Waals surface area (Å²) in [5, 5.41) is 10.2. The summed E-state index contributed by atoms with van der Waals surface area (Å²) in [6.45, 7) is 1.31. The minimum absolute atomic E-state index is 0.226. The molecule has 1 aromatic carbocycles. The number of halogens is 1. The van der Waals surface area contributed by atoms with Crippen molar-refractivity contribution >= 4 is 21.8 Å². The van der Waals surface area contributed by atoms with Crippen molar-refractivity contribution in [3.63, 3.8) is 0 Å². The van der Waals surface area contributed by atoms with E-state index in [4.69, 9.17) is 11.6 Å². The maximum absolute atomic E-state index is 11.9. The lowest BCUT2D eigenvalue weighted by atomic mass is 10.1. The SMILES string of the molecule is CN1C[C@H](O)C[C@@H]1CCCNS(=O)(=O)NCc1ccc(Cl)cc1. The summed E-state index contributed by atoms with van der Waals surface area (Å²) in [6, 6.07) is 7.35. The van der Waals surface area contributed by atoms with Gasteiger partial charge in [-0.1, -0.05) is 23.7 Å². The second kappa shape index (κ2) is 8.41. The summed E-state index contributed by atoms with van der Waals surface area (Å²) < 4.78 is 28.8. The van der Waals surface area contributed by atoms with Crippen molar-refractivity contribution in [1.29, 1.82) is 0 Å². The van der Waals surface area contributed by atoms with E-state index in [0.717, 1.165) is 24.8 Å². The topological polar surface area (TPSA) is 81.7 Å². The molecule has 6 nitrogen and oxygen atoms in total. The van der Waals surface area contributed by atoms with Gasteiger partial charge in [0.25, 0.3) is 10.2 Å². The van der Waals surface area contributed by atoms with Crippen LogP contribution in [0.2, 0.25) is 5.02 Å². The van der Waals surface area contributed by atoms with E-state index in [2.05, 4.69) is 14.3 Å². The minimum atomic E-state index is -3.51. The maximum Gasteiger partial charge on any atom is 0.277 e. The molecule has 1 aliphatic heterocycles. The summed E-state index contributed by atoms with van der Waals surface area (Å²) in [7, 11) is -1.52. The van der Waals surface area contributed by atoms with E-state index in [1.165, 1.54) is 0 Å². The molecule has 23 heavy (non-hydrogen) atoms. The van der Waals surface area contributed by atoms with Gasteiger partial charge in [0.05, 0.1) is 6.10 Å². The fraction of sp³-hybridized carbons (Fsp3) is 0.600. The Hall–Kier alpha value is -0.700. The quantitative estimate of drug-likeness (QED) is 0.606. The van der Waals surface area contributed by atoms with Crippen LogP contribution in [0.1, 0.15) is 24.8 Å². The lowest BCUT2D eigenvalue weighted by Gasteiger charge is -2.18. The van der Waals surface area contributed by atoms with Crippen LogP contribution in [0, 0.1) is 0 Å². The van der Waals surface area contributed by atoms with Gasteiger partial charge in [0.1, 0.15) is 0 Å². The summed E-state index contributed by atoms with van der Waals surface area (Å²) in [4.78, 5) is 2.12. The van der Waals surface area contributed by atoms with Gasteiger partial charge < -0.3 is 10.0 Å². The molecule has 3 N–H and O–H groups in total. The Labute approximate surface area is 143 Å². The van der Waals surface area contributed by atoms with E-state index in [-0.39, 0.29) is 12.6 Å². The number of aliphatic hydroxyl groups is 1. The van der Waals surface area contributed by atoms with Gasteiger partial charge >= 0.3 is 0 Å². The Bertz CT molecular complexity index is 594. The van der Waals surface area contributed by atoms with Crippen molar-refractivity contribution in [2.24, 2.45) is 0 Å². The van der Waals surface area contributed by atoms with Crippen molar-refractivity contribution in [3.05, 3.63) is 34.9 Å². The van der Waals surface area contributed by atoms with Gasteiger partial charge in [0.2, 0.25) is 0 Å². The molecule has 1 aliphatic rings. The number of likely N-dealkylation sites (tertiary alicyclic amines) is 1. The zero-order valence-corrected chi connectivity index (χ0v) is 14.8. The summed E-state index contributed by atoms with van der Waals surface area (Å²) in [5.41, 5.74) is 0.848. The molecular weight excluding hydrogens is 338 g/mol. The number of β-amino-alcohol motifs (C(OH)–C–C–N with tert-alkyl or cyclic N) is 1. The largest absolute Gasteiger partial charge is 0.392 e. The van der Waals surface area contributed by atoms with Crippen LogP contribution in [-0.4, -0.2) is 50.7 Å². The summed E-state index contributed by atoms with van der Waals surface area (Å²) in [6.07, 6.45) is 2.11. The molecule has 0 saturated carbocycles. The van der Waals surface area contributed by atoms with Crippen LogP contribution in [0.4, 0.5) is 0 Å². The molecule has 0 bridgehead atoms. The van der Waals surface area contributed by atoms with Crippen LogP contribution in [0.5, 0.6) is 0 Å². The molecule has 2 atom stereocenters. The second-order valence-electron chi connectivity index (χ2n) is 5.97. The Morgan fingerprint density at radius 1 is 1.30 bits per heavy atom. The van der Waals surface area contributed by atoms with Crippen molar-refractivity contribution < 1.29 is 13.5 Å². The van der Waals surface area contributed by atoms with E-state index in [0.29, 0.717) is 24.2 Å². The van der Waals surface area contributed by atoms with E-state index in [1.54, 1.807) is 24.3 Å². The summed E-state index contributed by atoms with van der Waals surface area (Å²) in [5.74, 6) is 0. The zero-order chi connectivity index (χ0) is 16.9. The standard InChI is InChI=1S/C15H24ClN3O3S/c1-19-11-15(20)9-14(19)3-2-8-17-23(21,22)18-10-12-4-6-13(16)7-5-12/h4-7,14-15,17-18,20H,2-3,8-11H2,1H3/t14-,15+/m0/s1. The fourth-order valence-corrected chi connectivity index (χ4v) is 3.76. The molecule has 1 saturated heterocycles. The summed E-state index contributed by atoms with van der Waals surface area (Å²) >= 11 is 5.79. The van der Waals surface area contributed by atoms with Crippen LogP contribution in [-0.2, 0) is 16.8 Å². The molecule has 1 heterocycles. The molecule has 0 aromatic heterocycles. The van der Waals surface area contributed by atoms with Gasteiger partial charge in [-0.3, -0.25) is 0 Å². The molecule has 130 valence electrons. The molecule has 0 radical (unpaired) electrons. The highest BCUT2D eigenvalue weighted by Crippen LogP contribution is 2.19. The van der Waals surface area contributed by atoms with E-state index in [1.807, 2.05) is 7.05 Å². The smallest absolute Gasteiger partial charge is 0.277 e. The molecule has 0 amide bonds.